The average Bonchev–Trinajstić information content (AvgIpc) is 2.17. The molecule has 3 heteroatoms. The minimum atomic E-state index is -0.472. The van der Waals surface area contributed by atoms with Gasteiger partial charge in [0, 0.05) is 0 Å². The van der Waals surface area contributed by atoms with E-state index < -0.39 is 6.10 Å². The molecule has 0 spiro atoms. The molecule has 0 aliphatic carbocycles. The van der Waals surface area contributed by atoms with E-state index in [0.717, 1.165) is 11.4 Å². The maximum absolute atomic E-state index is 10.3. The van der Waals surface area contributed by atoms with Crippen LogP contribution in [0.5, 0.6) is 5.75 Å². The fourth-order valence-corrected chi connectivity index (χ4v) is 1.18. The van der Waals surface area contributed by atoms with Gasteiger partial charge in [-0.3, -0.25) is 4.79 Å². The number of anilines is 1. The van der Waals surface area contributed by atoms with Crippen LogP contribution in [0.2, 0.25) is 0 Å². The van der Waals surface area contributed by atoms with Crippen molar-refractivity contribution in [3.8, 4) is 5.75 Å². The van der Waals surface area contributed by atoms with Gasteiger partial charge in [0.1, 0.15) is 5.75 Å². The fraction of sp³-hybridized carbons (Fsp3) is 0.222. The van der Waals surface area contributed by atoms with E-state index in [1.807, 2.05) is 30.6 Å². The summed E-state index contributed by atoms with van der Waals surface area (Å²) in [6, 6.07) is 7.52. The lowest BCUT2D eigenvalue weighted by Crippen LogP contribution is -2.31. The number of benzene rings is 1. The van der Waals surface area contributed by atoms with Crippen LogP contribution in [0.25, 0.3) is 0 Å². The summed E-state index contributed by atoms with van der Waals surface area (Å²) >= 11 is 0. The van der Waals surface area contributed by atoms with Crippen LogP contribution in [0.1, 0.15) is 0 Å². The summed E-state index contributed by atoms with van der Waals surface area (Å²) in [5.74, 6) is 0.720. The number of nitrogens with one attached hydrogen (secondary N) is 1. The Morgan fingerprint density at radius 2 is 2.33 bits per heavy atom. The minimum absolute atomic E-state index is 0.472. The van der Waals surface area contributed by atoms with Crippen LogP contribution >= 0.6 is 0 Å². The molecule has 0 saturated heterocycles. The maximum Gasteiger partial charge on any atom is 0.244 e. The Kier molecular flexibility index (Phi) is 1.70. The molecule has 61 valence electrons. The second kappa shape index (κ2) is 2.85. The lowest BCUT2D eigenvalue weighted by Gasteiger charge is -2.22. The average molecular weight is 162 g/mol. The number of fused-ring (bicyclic) bond motifs is 1. The van der Waals surface area contributed by atoms with Gasteiger partial charge in [0.25, 0.3) is 0 Å². The molecule has 1 unspecified atom stereocenters. The van der Waals surface area contributed by atoms with Crippen LogP contribution in [0.15, 0.2) is 24.3 Å². The normalized spacial score (nSPS) is 20.2. The number of para-hydroxylation sites is 2. The van der Waals surface area contributed by atoms with Crippen LogP contribution < -0.4 is 10.1 Å². The first-order valence-electron chi connectivity index (χ1n) is 3.77. The largest absolute Gasteiger partial charge is 0.478 e. The third-order valence-electron chi connectivity index (χ3n) is 1.77. The van der Waals surface area contributed by atoms with Crippen molar-refractivity contribution in [1.29, 1.82) is 0 Å². The van der Waals surface area contributed by atoms with Gasteiger partial charge < -0.3 is 10.1 Å². The van der Waals surface area contributed by atoms with Crippen molar-refractivity contribution in [3.05, 3.63) is 24.3 Å². The highest BCUT2D eigenvalue weighted by Crippen LogP contribution is 2.27. The first-order valence-corrected chi connectivity index (χ1v) is 3.77. The zero-order chi connectivity index (χ0) is 8.39. The third-order valence-corrected chi connectivity index (χ3v) is 1.77. The summed E-state index contributed by atoms with van der Waals surface area (Å²) in [6.07, 6.45) is 1.34. The molecule has 0 saturated carbocycles. The molecule has 1 N–H and O–H groups in total. The summed E-state index contributed by atoms with van der Waals surface area (Å²) < 4.78 is 5.29. The summed E-state index contributed by atoms with van der Waals surface area (Å²) in [7, 11) is 0. The highest BCUT2D eigenvalue weighted by Gasteiger charge is 2.17. The van der Waals surface area contributed by atoms with E-state index in [9.17, 15) is 4.79 Å². The maximum atomic E-state index is 10.3. The number of carbonyl (C=O) groups excluding carboxylic acids is 1. The van der Waals surface area contributed by atoms with Gasteiger partial charge in [0.05, 0.1) is 12.2 Å². The Labute approximate surface area is 70.3 Å². The third kappa shape index (κ3) is 1.13. The number of hydrogen-bond acceptors (Lipinski definition) is 3. The van der Waals surface area contributed by atoms with Crippen molar-refractivity contribution < 1.29 is 9.53 Å². The van der Waals surface area contributed by atoms with Crippen molar-refractivity contribution in [2.75, 3.05) is 11.9 Å². The molecule has 1 atom stereocenters. The Bertz CT molecular complexity index is 298. The lowest BCUT2D eigenvalue weighted by molar-refractivity contribution is 0.262. The standard InChI is InChI=1S/C9H8NO2/c11-6-7-5-10-8-3-1-2-4-9(8)12-7/h1-4,7,10H,5H2. The molecule has 0 bridgehead atoms. The van der Waals surface area contributed by atoms with E-state index in [1.165, 1.54) is 0 Å². The molecule has 0 amide bonds. The van der Waals surface area contributed by atoms with Gasteiger partial charge in [-0.05, 0) is 12.1 Å². The smallest absolute Gasteiger partial charge is 0.244 e. The molecule has 12 heavy (non-hydrogen) atoms. The van der Waals surface area contributed by atoms with Crippen LogP contribution in [0, 0.1) is 0 Å². The van der Waals surface area contributed by atoms with Gasteiger partial charge in [-0.15, -0.1) is 0 Å². The van der Waals surface area contributed by atoms with E-state index in [4.69, 9.17) is 4.74 Å². The fourth-order valence-electron chi connectivity index (χ4n) is 1.18. The summed E-state index contributed by atoms with van der Waals surface area (Å²) in [5, 5.41) is 3.08. The number of hydrogen-bond donors (Lipinski definition) is 1. The number of ether oxygens (including phenoxy) is 1. The summed E-state index contributed by atoms with van der Waals surface area (Å²) in [6.45, 7) is 0.501. The van der Waals surface area contributed by atoms with Gasteiger partial charge in [-0.2, -0.15) is 0 Å². The molecule has 0 aromatic heterocycles. The Morgan fingerprint density at radius 1 is 1.50 bits per heavy atom. The van der Waals surface area contributed by atoms with E-state index in [1.54, 1.807) is 0 Å². The Morgan fingerprint density at radius 3 is 3.17 bits per heavy atom. The molecular formula is C9H8NO2. The molecule has 1 radical (unpaired) electrons. The van der Waals surface area contributed by atoms with Gasteiger partial charge >= 0.3 is 0 Å². The monoisotopic (exact) mass is 162 g/mol. The molecule has 1 aromatic carbocycles. The van der Waals surface area contributed by atoms with Crippen LogP contribution in [0.3, 0.4) is 0 Å². The molecule has 1 aliphatic rings. The summed E-state index contributed by atoms with van der Waals surface area (Å²) in [4.78, 5) is 10.3. The molecule has 1 aliphatic heterocycles. The summed E-state index contributed by atoms with van der Waals surface area (Å²) in [5.41, 5.74) is 0.934. The first kappa shape index (κ1) is 7.16. The highest BCUT2D eigenvalue weighted by atomic mass is 16.5. The molecule has 3 nitrogen and oxygen atoms in total. The molecule has 1 heterocycles. The van der Waals surface area contributed by atoms with Crippen molar-refractivity contribution in [2.45, 2.75) is 6.10 Å². The molecular weight excluding hydrogens is 154 g/mol. The van der Waals surface area contributed by atoms with Gasteiger partial charge in [0.15, 0.2) is 6.10 Å². The van der Waals surface area contributed by atoms with E-state index in [-0.39, 0.29) is 0 Å². The zero-order valence-corrected chi connectivity index (χ0v) is 6.41. The van der Waals surface area contributed by atoms with Gasteiger partial charge in [0.2, 0.25) is 6.29 Å². The zero-order valence-electron chi connectivity index (χ0n) is 6.41. The predicted octanol–water partition coefficient (Wildman–Crippen LogP) is 0.969. The second-order valence-electron chi connectivity index (χ2n) is 2.60. The van der Waals surface area contributed by atoms with Crippen molar-refractivity contribution >= 4 is 12.0 Å². The van der Waals surface area contributed by atoms with Crippen molar-refractivity contribution in [1.82, 2.24) is 0 Å². The van der Waals surface area contributed by atoms with E-state index >= 15 is 0 Å². The van der Waals surface area contributed by atoms with Crippen LogP contribution in [0.4, 0.5) is 5.69 Å². The molecule has 2 rings (SSSR count). The Balaban J connectivity index is 2.28. The highest BCUT2D eigenvalue weighted by molar-refractivity contribution is 5.65. The topological polar surface area (TPSA) is 38.3 Å². The first-order chi connectivity index (χ1) is 5.90. The SMILES string of the molecule is O=[C]C1CNc2ccccc2O1. The Hall–Kier alpha value is -1.51. The van der Waals surface area contributed by atoms with E-state index in [2.05, 4.69) is 5.32 Å². The quantitative estimate of drug-likeness (QED) is 0.668. The van der Waals surface area contributed by atoms with E-state index in [0.29, 0.717) is 6.54 Å². The lowest BCUT2D eigenvalue weighted by atomic mass is 10.2. The predicted molar refractivity (Wildman–Crippen MR) is 45.0 cm³/mol. The van der Waals surface area contributed by atoms with Gasteiger partial charge in [-0.25, -0.2) is 0 Å². The van der Waals surface area contributed by atoms with Crippen LogP contribution in [-0.2, 0) is 4.79 Å². The van der Waals surface area contributed by atoms with Crippen LogP contribution in [-0.4, -0.2) is 18.9 Å². The number of rotatable bonds is 1. The molecule has 1 aromatic rings. The molecule has 0 fully saturated rings. The second-order valence-corrected chi connectivity index (χ2v) is 2.60. The van der Waals surface area contributed by atoms with Gasteiger partial charge in [-0.1, -0.05) is 12.1 Å². The van der Waals surface area contributed by atoms with Crippen molar-refractivity contribution in [2.24, 2.45) is 0 Å². The minimum Gasteiger partial charge on any atom is -0.478 e. The van der Waals surface area contributed by atoms with Crippen molar-refractivity contribution in [3.63, 3.8) is 0 Å².